The fraction of sp³-hybridized carbons (Fsp3) is 0.594. The molecule has 1 saturated carbocycles. The summed E-state index contributed by atoms with van der Waals surface area (Å²) in [5, 5.41) is 11.4. The molecule has 2 saturated heterocycles. The third-order valence-electron chi connectivity index (χ3n) is 9.49. The number of aromatic nitrogens is 4. The third kappa shape index (κ3) is 7.15. The Morgan fingerprint density at radius 1 is 0.953 bits per heavy atom. The van der Waals surface area contributed by atoms with Gasteiger partial charge in [0.15, 0.2) is 17.0 Å². The van der Waals surface area contributed by atoms with E-state index in [1.165, 1.54) is 50.9 Å². The number of rotatable bonds is 9. The lowest BCUT2D eigenvalue weighted by Gasteiger charge is -2.38. The summed E-state index contributed by atoms with van der Waals surface area (Å²) < 4.78 is 1.77. The Morgan fingerprint density at radius 2 is 1.65 bits per heavy atom. The van der Waals surface area contributed by atoms with Gasteiger partial charge in [-0.3, -0.25) is 20.1 Å². The summed E-state index contributed by atoms with van der Waals surface area (Å²) in [4.78, 5) is 34.4. The minimum atomic E-state index is -0.201. The van der Waals surface area contributed by atoms with Crippen LogP contribution in [0.4, 0.5) is 5.82 Å². The summed E-state index contributed by atoms with van der Waals surface area (Å²) >= 11 is 0. The van der Waals surface area contributed by atoms with Crippen LogP contribution in [0.3, 0.4) is 0 Å². The lowest BCUT2D eigenvalue weighted by Crippen LogP contribution is -2.48. The number of aryl methyl sites for hydroxylation is 1. The summed E-state index contributed by atoms with van der Waals surface area (Å²) in [6, 6.07) is 10.0. The molecule has 1 aromatic carbocycles. The number of fused-ring (bicyclic) bond motifs is 1. The number of nitriles is 1. The number of likely N-dealkylation sites (tertiary alicyclic amines) is 1. The SMILES string of the molecule is CN1CCC(CN2CCN(Cc3ccc(C(=O)NN(CC4CCCC4)c4nc(C#N)nc5c4ncn5C)cc3)CC2)CC1. The minimum absolute atomic E-state index is 0.0591. The van der Waals surface area contributed by atoms with Gasteiger partial charge in [0.25, 0.3) is 5.91 Å². The first-order valence-corrected chi connectivity index (χ1v) is 15.8. The number of nitrogens with one attached hydrogen (secondary N) is 1. The van der Waals surface area contributed by atoms with E-state index in [0.29, 0.717) is 35.0 Å². The number of hydrazine groups is 1. The van der Waals surface area contributed by atoms with Crippen molar-refractivity contribution in [3.63, 3.8) is 0 Å². The molecule has 0 spiro atoms. The van der Waals surface area contributed by atoms with Crippen molar-refractivity contribution < 1.29 is 4.79 Å². The molecule has 2 aromatic heterocycles. The van der Waals surface area contributed by atoms with Crippen LogP contribution in [0.25, 0.3) is 11.2 Å². The third-order valence-corrected chi connectivity index (χ3v) is 9.49. The molecular formula is C32H44N10O. The lowest BCUT2D eigenvalue weighted by molar-refractivity contribution is 0.0946. The molecule has 2 aliphatic heterocycles. The van der Waals surface area contributed by atoms with E-state index < -0.39 is 0 Å². The maximum atomic E-state index is 13.5. The maximum absolute atomic E-state index is 13.5. The van der Waals surface area contributed by atoms with Gasteiger partial charge < -0.3 is 14.4 Å². The van der Waals surface area contributed by atoms with Gasteiger partial charge in [-0.05, 0) is 75.4 Å². The summed E-state index contributed by atoms with van der Waals surface area (Å²) in [6.45, 7) is 9.62. The van der Waals surface area contributed by atoms with Crippen molar-refractivity contribution in [3.8, 4) is 6.07 Å². The molecular weight excluding hydrogens is 540 g/mol. The highest BCUT2D eigenvalue weighted by Gasteiger charge is 2.26. The van der Waals surface area contributed by atoms with Crippen LogP contribution in [0.2, 0.25) is 0 Å². The Bertz CT molecular complexity index is 1420. The number of hydrogen-bond donors (Lipinski definition) is 1. The van der Waals surface area contributed by atoms with Gasteiger partial charge in [0.05, 0.1) is 6.33 Å². The fourth-order valence-electron chi connectivity index (χ4n) is 6.81. The Kier molecular flexibility index (Phi) is 9.17. The van der Waals surface area contributed by atoms with Crippen LogP contribution in [0, 0.1) is 23.2 Å². The van der Waals surface area contributed by atoms with Crippen LogP contribution < -0.4 is 10.4 Å². The van der Waals surface area contributed by atoms with E-state index >= 15 is 0 Å². The molecule has 3 aliphatic rings. The van der Waals surface area contributed by atoms with Crippen molar-refractivity contribution in [1.29, 1.82) is 5.26 Å². The summed E-state index contributed by atoms with van der Waals surface area (Å²) in [6.07, 6.45) is 8.89. The number of carbonyl (C=O) groups excluding carboxylic acids is 1. The number of benzene rings is 1. The largest absolute Gasteiger partial charge is 0.318 e. The van der Waals surface area contributed by atoms with Crippen LogP contribution in [0.15, 0.2) is 30.6 Å². The van der Waals surface area contributed by atoms with Gasteiger partial charge in [0.1, 0.15) is 6.07 Å². The minimum Gasteiger partial charge on any atom is -0.318 e. The smallest absolute Gasteiger partial charge is 0.269 e. The standard InChI is InChI=1S/C32H44N10O/c1-38-13-11-26(12-14-38)21-41-17-15-40(16-18-41)20-25-7-9-27(10-8-25)32(43)37-42(22-24-5-3-4-6-24)31-29-30(39(2)23-34-29)35-28(19-33)36-31/h7-10,23-24,26H,3-6,11-18,20-22H2,1-2H3,(H,37,43). The van der Waals surface area contributed by atoms with Crippen LogP contribution in [0.5, 0.6) is 0 Å². The van der Waals surface area contributed by atoms with Gasteiger partial charge in [0, 0.05) is 58.4 Å². The molecule has 3 fully saturated rings. The Hall–Kier alpha value is -3.59. The zero-order valence-corrected chi connectivity index (χ0v) is 25.6. The van der Waals surface area contributed by atoms with Crippen molar-refractivity contribution >= 4 is 22.9 Å². The van der Waals surface area contributed by atoms with Crippen molar-refractivity contribution in [3.05, 3.63) is 47.5 Å². The molecule has 1 aliphatic carbocycles. The Labute approximate surface area is 254 Å². The van der Waals surface area contributed by atoms with Crippen LogP contribution >= 0.6 is 0 Å². The molecule has 0 unspecified atom stereocenters. The molecule has 228 valence electrons. The zero-order valence-electron chi connectivity index (χ0n) is 25.6. The summed E-state index contributed by atoms with van der Waals surface area (Å²) in [5.41, 5.74) is 6.05. The molecule has 0 radical (unpaired) electrons. The van der Waals surface area contributed by atoms with E-state index in [2.05, 4.69) is 60.3 Å². The summed E-state index contributed by atoms with van der Waals surface area (Å²) in [5.74, 6) is 1.60. The Balaban J connectivity index is 1.08. The molecule has 3 aromatic rings. The van der Waals surface area contributed by atoms with Crippen molar-refractivity contribution in [2.24, 2.45) is 18.9 Å². The quantitative estimate of drug-likeness (QED) is 0.380. The average molecular weight is 585 g/mol. The number of imidazole rings is 1. The molecule has 43 heavy (non-hydrogen) atoms. The van der Waals surface area contributed by atoms with Crippen molar-refractivity contribution in [2.45, 2.75) is 45.1 Å². The van der Waals surface area contributed by atoms with Crippen molar-refractivity contribution in [1.82, 2.24) is 39.6 Å². The number of nitrogens with zero attached hydrogens (tertiary/aromatic N) is 9. The highest BCUT2D eigenvalue weighted by Crippen LogP contribution is 2.29. The van der Waals surface area contributed by atoms with Crippen molar-refractivity contribution in [2.75, 3.05) is 64.4 Å². The lowest BCUT2D eigenvalue weighted by atomic mass is 9.96. The molecule has 6 rings (SSSR count). The van der Waals surface area contributed by atoms with E-state index in [-0.39, 0.29) is 11.7 Å². The number of carbonyl (C=O) groups is 1. The van der Waals surface area contributed by atoms with Gasteiger partial charge >= 0.3 is 0 Å². The molecule has 1 N–H and O–H groups in total. The van der Waals surface area contributed by atoms with Gasteiger partial charge in [-0.25, -0.2) is 4.98 Å². The van der Waals surface area contributed by atoms with E-state index in [9.17, 15) is 10.1 Å². The van der Waals surface area contributed by atoms with Crippen LogP contribution in [-0.2, 0) is 13.6 Å². The number of piperazine rings is 1. The van der Waals surface area contributed by atoms with Gasteiger partial charge in [-0.2, -0.15) is 15.2 Å². The predicted molar refractivity (Wildman–Crippen MR) is 166 cm³/mol. The maximum Gasteiger partial charge on any atom is 0.269 e. The summed E-state index contributed by atoms with van der Waals surface area (Å²) in [7, 11) is 4.07. The number of hydrogen-bond acceptors (Lipinski definition) is 9. The molecule has 0 atom stereocenters. The van der Waals surface area contributed by atoms with Crippen LogP contribution in [0.1, 0.15) is 60.3 Å². The molecule has 1 amide bonds. The molecule has 4 heterocycles. The van der Waals surface area contributed by atoms with Gasteiger partial charge in [-0.1, -0.05) is 25.0 Å². The Morgan fingerprint density at radius 3 is 2.35 bits per heavy atom. The highest BCUT2D eigenvalue weighted by atomic mass is 16.2. The topological polar surface area (TPSA) is 109 Å². The first kappa shape index (κ1) is 29.5. The number of amides is 1. The monoisotopic (exact) mass is 584 g/mol. The van der Waals surface area contributed by atoms with E-state index in [1.807, 2.05) is 19.2 Å². The van der Waals surface area contributed by atoms with E-state index in [4.69, 9.17) is 0 Å². The molecule has 11 heteroatoms. The highest BCUT2D eigenvalue weighted by molar-refractivity contribution is 5.96. The average Bonchev–Trinajstić information content (AvgIpc) is 3.68. The zero-order chi connectivity index (χ0) is 29.8. The normalized spacial score (nSPS) is 19.6. The van der Waals surface area contributed by atoms with E-state index in [0.717, 1.165) is 51.5 Å². The first-order chi connectivity index (χ1) is 20.9. The fourth-order valence-corrected chi connectivity index (χ4v) is 6.81. The van der Waals surface area contributed by atoms with E-state index in [1.54, 1.807) is 15.9 Å². The van der Waals surface area contributed by atoms with Gasteiger partial charge in [0.2, 0.25) is 5.82 Å². The van der Waals surface area contributed by atoms with Gasteiger partial charge in [-0.15, -0.1) is 0 Å². The number of anilines is 1. The molecule has 0 bridgehead atoms. The predicted octanol–water partition coefficient (Wildman–Crippen LogP) is 3.04. The second-order valence-electron chi connectivity index (χ2n) is 12.7. The molecule has 11 nitrogen and oxygen atoms in total. The second-order valence-corrected chi connectivity index (χ2v) is 12.7. The first-order valence-electron chi connectivity index (χ1n) is 15.8. The van der Waals surface area contributed by atoms with Crippen LogP contribution in [-0.4, -0.2) is 99.5 Å². The number of piperidine rings is 1. The second kappa shape index (κ2) is 13.4.